The summed E-state index contributed by atoms with van der Waals surface area (Å²) in [4.78, 5) is 0. The number of phenols is 3. The molecule has 0 saturated carbocycles. The highest BCUT2D eigenvalue weighted by molar-refractivity contribution is 7.92. The number of anilines is 1. The van der Waals surface area contributed by atoms with Gasteiger partial charge in [-0.2, -0.15) is 0 Å². The lowest BCUT2D eigenvalue weighted by molar-refractivity contribution is 0.402. The summed E-state index contributed by atoms with van der Waals surface area (Å²) in [6.07, 6.45) is 1.02. The largest absolute Gasteiger partial charge is 0.506 e. The van der Waals surface area contributed by atoms with Crippen molar-refractivity contribution in [2.75, 3.05) is 17.5 Å². The van der Waals surface area contributed by atoms with Crippen LogP contribution in [0.4, 0.5) is 5.69 Å². The first-order valence-corrected chi connectivity index (χ1v) is 9.20. The van der Waals surface area contributed by atoms with Crippen molar-refractivity contribution in [2.24, 2.45) is 0 Å². The third kappa shape index (κ3) is 3.24. The van der Waals surface area contributed by atoms with Gasteiger partial charge in [0.25, 0.3) is 0 Å². The van der Waals surface area contributed by atoms with E-state index in [4.69, 9.17) is 0 Å². The maximum atomic E-state index is 11.4. The smallest absolute Gasteiger partial charge is 0.229 e. The Morgan fingerprint density at radius 3 is 2.50 bits per heavy atom. The monoisotopic (exact) mass is 350 g/mol. The minimum atomic E-state index is -3.49. The molecule has 0 aromatic heterocycles. The Morgan fingerprint density at radius 2 is 1.83 bits per heavy atom. The van der Waals surface area contributed by atoms with Gasteiger partial charge in [-0.05, 0) is 41.0 Å². The second-order valence-corrected chi connectivity index (χ2v) is 7.62. The Labute approximate surface area is 139 Å². The Kier molecular flexibility index (Phi) is 4.02. The van der Waals surface area contributed by atoms with Gasteiger partial charge in [-0.3, -0.25) is 4.72 Å². The van der Waals surface area contributed by atoms with Gasteiger partial charge in [0, 0.05) is 19.0 Å². The third-order valence-electron chi connectivity index (χ3n) is 3.99. The van der Waals surface area contributed by atoms with Gasteiger partial charge in [-0.1, -0.05) is 6.07 Å². The number of nitrogens with one attached hydrogen (secondary N) is 2. The topological polar surface area (TPSA) is 119 Å². The average Bonchev–Trinajstić information content (AvgIpc) is 2.49. The van der Waals surface area contributed by atoms with Crippen LogP contribution in [0.1, 0.15) is 22.6 Å². The SMILES string of the molecule is CS(=O)(=O)Nc1cc2c(cc1O)C(c1ccc(O)c(O)c1)CNC2. The fourth-order valence-electron chi connectivity index (χ4n) is 2.92. The summed E-state index contributed by atoms with van der Waals surface area (Å²) in [6.45, 7) is 1.13. The standard InChI is InChI=1S/C16H18N2O5S/c1-24(22,23)18-13-4-10-7-17-8-12(11(10)6-15(13)20)9-2-3-14(19)16(21)5-9/h2-6,12,17-21H,7-8H2,1H3. The van der Waals surface area contributed by atoms with Gasteiger partial charge >= 0.3 is 0 Å². The molecule has 0 bridgehead atoms. The van der Waals surface area contributed by atoms with E-state index >= 15 is 0 Å². The van der Waals surface area contributed by atoms with Gasteiger partial charge in [0.05, 0.1) is 11.9 Å². The molecule has 1 heterocycles. The van der Waals surface area contributed by atoms with E-state index in [2.05, 4.69) is 10.0 Å². The summed E-state index contributed by atoms with van der Waals surface area (Å²) in [7, 11) is -3.49. The van der Waals surface area contributed by atoms with Crippen molar-refractivity contribution in [3.8, 4) is 17.2 Å². The molecule has 0 amide bonds. The molecule has 7 nitrogen and oxygen atoms in total. The van der Waals surface area contributed by atoms with Crippen LogP contribution in [-0.2, 0) is 16.6 Å². The van der Waals surface area contributed by atoms with Gasteiger partial charge in [-0.25, -0.2) is 8.42 Å². The van der Waals surface area contributed by atoms with Crippen LogP contribution >= 0.6 is 0 Å². The minimum Gasteiger partial charge on any atom is -0.506 e. The maximum Gasteiger partial charge on any atom is 0.229 e. The first kappa shape index (κ1) is 16.4. The molecule has 1 unspecified atom stereocenters. The predicted octanol–water partition coefficient (Wildman–Crippen LogP) is 1.41. The van der Waals surface area contributed by atoms with Crippen molar-refractivity contribution in [1.29, 1.82) is 0 Å². The zero-order chi connectivity index (χ0) is 17.5. The summed E-state index contributed by atoms with van der Waals surface area (Å²) in [6, 6.07) is 7.74. The fraction of sp³-hybridized carbons (Fsp3) is 0.250. The zero-order valence-electron chi connectivity index (χ0n) is 12.9. The first-order valence-electron chi connectivity index (χ1n) is 7.31. The van der Waals surface area contributed by atoms with E-state index in [9.17, 15) is 23.7 Å². The number of benzene rings is 2. The lowest BCUT2D eigenvalue weighted by atomic mass is 9.85. The summed E-state index contributed by atoms with van der Waals surface area (Å²) in [5.74, 6) is -0.704. The molecule has 0 radical (unpaired) electrons. The highest BCUT2D eigenvalue weighted by atomic mass is 32.2. The van der Waals surface area contributed by atoms with Gasteiger partial charge in [0.1, 0.15) is 5.75 Å². The summed E-state index contributed by atoms with van der Waals surface area (Å²) >= 11 is 0. The fourth-order valence-corrected chi connectivity index (χ4v) is 3.49. The van der Waals surface area contributed by atoms with E-state index in [0.717, 1.165) is 22.9 Å². The van der Waals surface area contributed by atoms with Gasteiger partial charge in [-0.15, -0.1) is 0 Å². The van der Waals surface area contributed by atoms with Crippen molar-refractivity contribution in [3.05, 3.63) is 47.0 Å². The maximum absolute atomic E-state index is 11.4. The number of sulfonamides is 1. The van der Waals surface area contributed by atoms with Gasteiger partial charge in [0.2, 0.25) is 10.0 Å². The molecule has 2 aromatic carbocycles. The molecule has 1 aliphatic rings. The van der Waals surface area contributed by atoms with Crippen molar-refractivity contribution in [3.63, 3.8) is 0 Å². The molecule has 0 fully saturated rings. The Balaban J connectivity index is 2.04. The van der Waals surface area contributed by atoms with E-state index < -0.39 is 10.0 Å². The van der Waals surface area contributed by atoms with Crippen LogP contribution in [0.3, 0.4) is 0 Å². The Morgan fingerprint density at radius 1 is 1.08 bits per heavy atom. The van der Waals surface area contributed by atoms with Crippen LogP contribution in [0.25, 0.3) is 0 Å². The van der Waals surface area contributed by atoms with E-state index in [1.165, 1.54) is 18.2 Å². The highest BCUT2D eigenvalue weighted by Gasteiger charge is 2.24. The van der Waals surface area contributed by atoms with Crippen molar-refractivity contribution < 1.29 is 23.7 Å². The van der Waals surface area contributed by atoms with Crippen LogP contribution in [0.15, 0.2) is 30.3 Å². The summed E-state index contributed by atoms with van der Waals surface area (Å²) < 4.78 is 25.1. The highest BCUT2D eigenvalue weighted by Crippen LogP contribution is 2.38. The number of hydrogen-bond acceptors (Lipinski definition) is 6. The number of phenolic OH excluding ortho intramolecular Hbond substituents is 3. The molecule has 128 valence electrons. The van der Waals surface area contributed by atoms with Gasteiger partial charge < -0.3 is 20.6 Å². The summed E-state index contributed by atoms with van der Waals surface area (Å²) in [5, 5.41) is 32.6. The molecule has 0 saturated heterocycles. The molecule has 0 aliphatic carbocycles. The second kappa shape index (κ2) is 5.88. The number of aromatic hydroxyl groups is 3. The van der Waals surface area contributed by atoms with Crippen LogP contribution < -0.4 is 10.0 Å². The third-order valence-corrected chi connectivity index (χ3v) is 4.58. The molecule has 8 heteroatoms. The lowest BCUT2D eigenvalue weighted by Gasteiger charge is -2.28. The molecule has 5 N–H and O–H groups in total. The van der Waals surface area contributed by atoms with Crippen molar-refractivity contribution >= 4 is 15.7 Å². The number of hydrogen-bond donors (Lipinski definition) is 5. The van der Waals surface area contributed by atoms with E-state index in [1.54, 1.807) is 12.1 Å². The molecule has 24 heavy (non-hydrogen) atoms. The molecule has 1 aliphatic heterocycles. The second-order valence-electron chi connectivity index (χ2n) is 5.87. The van der Waals surface area contributed by atoms with E-state index in [1.807, 2.05) is 0 Å². The normalized spacial score (nSPS) is 17.3. The van der Waals surface area contributed by atoms with Gasteiger partial charge in [0.15, 0.2) is 11.5 Å². The quantitative estimate of drug-likeness (QED) is 0.534. The van der Waals surface area contributed by atoms with E-state index in [-0.39, 0.29) is 28.9 Å². The average molecular weight is 350 g/mol. The minimum absolute atomic E-state index is 0.132. The zero-order valence-corrected chi connectivity index (χ0v) is 13.8. The molecule has 1 atom stereocenters. The Hall–Kier alpha value is -2.45. The van der Waals surface area contributed by atoms with E-state index in [0.29, 0.717) is 13.1 Å². The predicted molar refractivity (Wildman–Crippen MR) is 89.9 cm³/mol. The molecule has 3 rings (SSSR count). The van der Waals surface area contributed by atoms with Crippen LogP contribution in [0.2, 0.25) is 0 Å². The Bertz CT molecular complexity index is 896. The van der Waals surface area contributed by atoms with Crippen LogP contribution in [0.5, 0.6) is 17.2 Å². The molecule has 0 spiro atoms. The molecular weight excluding hydrogens is 332 g/mol. The van der Waals surface area contributed by atoms with Crippen molar-refractivity contribution in [1.82, 2.24) is 5.32 Å². The first-order chi connectivity index (χ1) is 11.2. The molecule has 2 aromatic rings. The number of fused-ring (bicyclic) bond motifs is 1. The summed E-state index contributed by atoms with van der Waals surface area (Å²) in [5.41, 5.74) is 2.60. The lowest BCUT2D eigenvalue weighted by Crippen LogP contribution is -2.29. The van der Waals surface area contributed by atoms with Crippen molar-refractivity contribution in [2.45, 2.75) is 12.5 Å². The van der Waals surface area contributed by atoms with Crippen LogP contribution in [0, 0.1) is 0 Å². The van der Waals surface area contributed by atoms with Crippen LogP contribution in [-0.4, -0.2) is 36.5 Å². The molecular formula is C16H18N2O5S. The number of rotatable bonds is 3.